The number of urea groups is 1. The van der Waals surface area contributed by atoms with Crippen LogP contribution in [0, 0.1) is 5.92 Å². The molecule has 1 aliphatic rings. The number of hydrogen-bond acceptors (Lipinski definition) is 5. The lowest BCUT2D eigenvalue weighted by Gasteiger charge is -2.29. The molecule has 0 aliphatic carbocycles. The molecule has 0 saturated heterocycles. The van der Waals surface area contributed by atoms with Crippen molar-refractivity contribution in [3.05, 3.63) is 35.0 Å². The second-order valence-corrected chi connectivity index (χ2v) is 6.78. The fraction of sp³-hybridized carbons (Fsp3) is 0.500. The Hall–Kier alpha value is -2.70. The Bertz CT molecular complexity index is 727. The smallest absolute Gasteiger partial charge is 0.337 e. The van der Waals surface area contributed by atoms with Gasteiger partial charge in [-0.2, -0.15) is 0 Å². The van der Waals surface area contributed by atoms with Gasteiger partial charge in [-0.25, -0.2) is 9.59 Å². The van der Waals surface area contributed by atoms with Gasteiger partial charge in [-0.05, 0) is 30.0 Å². The van der Waals surface area contributed by atoms with E-state index < -0.39 is 12.0 Å². The van der Waals surface area contributed by atoms with E-state index in [0.29, 0.717) is 47.3 Å². The second-order valence-electron chi connectivity index (χ2n) is 6.78. The van der Waals surface area contributed by atoms with Gasteiger partial charge in [0.2, 0.25) is 0 Å². The van der Waals surface area contributed by atoms with Crippen molar-refractivity contribution in [2.24, 2.45) is 5.92 Å². The number of rotatable bonds is 8. The van der Waals surface area contributed by atoms with Gasteiger partial charge in [0.05, 0.1) is 32.4 Å². The van der Waals surface area contributed by atoms with Crippen molar-refractivity contribution in [1.29, 1.82) is 0 Å². The van der Waals surface area contributed by atoms with Gasteiger partial charge < -0.3 is 24.8 Å². The molecule has 0 fully saturated rings. The van der Waals surface area contributed by atoms with Crippen molar-refractivity contribution >= 4 is 12.0 Å². The first-order valence-electron chi connectivity index (χ1n) is 9.10. The zero-order chi connectivity index (χ0) is 20.0. The van der Waals surface area contributed by atoms with Crippen LogP contribution in [0.25, 0.3) is 0 Å². The van der Waals surface area contributed by atoms with Crippen LogP contribution >= 0.6 is 0 Å². The number of carbonyl (C=O) groups excluding carboxylic acids is 2. The van der Waals surface area contributed by atoms with Crippen LogP contribution in [-0.4, -0.2) is 32.8 Å². The minimum atomic E-state index is -0.624. The molecule has 0 bridgehead atoms. The summed E-state index contributed by atoms with van der Waals surface area (Å²) in [5.74, 6) is 1.06. The Balaban J connectivity index is 2.45. The van der Waals surface area contributed by atoms with Crippen LogP contribution < -0.4 is 20.1 Å². The molecule has 2 amide bonds. The van der Waals surface area contributed by atoms with E-state index in [1.807, 2.05) is 13.0 Å². The summed E-state index contributed by atoms with van der Waals surface area (Å²) in [4.78, 5) is 24.5. The van der Waals surface area contributed by atoms with E-state index in [9.17, 15) is 9.59 Å². The Kier molecular flexibility index (Phi) is 7.10. The van der Waals surface area contributed by atoms with Gasteiger partial charge in [0.1, 0.15) is 0 Å². The summed E-state index contributed by atoms with van der Waals surface area (Å²) in [5.41, 5.74) is 1.70. The number of nitrogens with one attached hydrogen (secondary N) is 2. The number of benzene rings is 1. The summed E-state index contributed by atoms with van der Waals surface area (Å²) in [6.07, 6.45) is 1.36. The van der Waals surface area contributed by atoms with Crippen LogP contribution in [0.15, 0.2) is 29.5 Å². The van der Waals surface area contributed by atoms with E-state index in [-0.39, 0.29) is 6.03 Å². The minimum absolute atomic E-state index is 0.352. The van der Waals surface area contributed by atoms with Crippen LogP contribution in [0.4, 0.5) is 4.79 Å². The normalized spacial score (nSPS) is 16.7. The largest absolute Gasteiger partial charge is 0.493 e. The van der Waals surface area contributed by atoms with Crippen LogP contribution in [0.1, 0.15) is 45.2 Å². The summed E-state index contributed by atoms with van der Waals surface area (Å²) in [6, 6.07) is 4.41. The number of methoxy groups -OCH3 is 2. The predicted octanol–water partition coefficient (Wildman–Crippen LogP) is 3.31. The molecule has 1 aromatic carbocycles. The van der Waals surface area contributed by atoms with Crippen molar-refractivity contribution in [2.75, 3.05) is 20.8 Å². The standard InChI is InChI=1S/C20H28N2O5/c1-6-7-14-17(19(23)26-5)18(22-20(24)21-14)13-8-9-15(16(10-13)25-4)27-11-12(2)3/h8-10,12,18H,6-7,11H2,1-5H3,(H2,21,22,24). The van der Waals surface area contributed by atoms with Crippen molar-refractivity contribution in [1.82, 2.24) is 10.6 Å². The van der Waals surface area contributed by atoms with E-state index in [1.54, 1.807) is 19.2 Å². The number of ether oxygens (including phenoxy) is 3. The van der Waals surface area contributed by atoms with Crippen LogP contribution in [0.3, 0.4) is 0 Å². The number of amides is 2. The van der Waals surface area contributed by atoms with E-state index in [1.165, 1.54) is 7.11 Å². The molecule has 148 valence electrons. The molecule has 0 aromatic heterocycles. The average molecular weight is 376 g/mol. The van der Waals surface area contributed by atoms with Crippen LogP contribution in [0.5, 0.6) is 11.5 Å². The summed E-state index contributed by atoms with van der Waals surface area (Å²) in [5, 5.41) is 5.53. The molecular weight excluding hydrogens is 348 g/mol. The van der Waals surface area contributed by atoms with Crippen molar-refractivity contribution in [2.45, 2.75) is 39.7 Å². The quantitative estimate of drug-likeness (QED) is 0.680. The summed E-state index contributed by atoms with van der Waals surface area (Å²) in [6.45, 7) is 6.67. The molecular formula is C20H28N2O5. The van der Waals surface area contributed by atoms with E-state index in [2.05, 4.69) is 24.5 Å². The number of esters is 1. The van der Waals surface area contributed by atoms with Gasteiger partial charge in [0, 0.05) is 5.70 Å². The molecule has 0 radical (unpaired) electrons. The first-order chi connectivity index (χ1) is 12.9. The maximum Gasteiger partial charge on any atom is 0.337 e. The molecule has 1 unspecified atom stereocenters. The zero-order valence-corrected chi connectivity index (χ0v) is 16.5. The third-order valence-electron chi connectivity index (χ3n) is 4.15. The second kappa shape index (κ2) is 9.30. The number of carbonyl (C=O) groups is 2. The molecule has 7 heteroatoms. The molecule has 0 spiro atoms. The maximum absolute atomic E-state index is 12.4. The van der Waals surface area contributed by atoms with E-state index >= 15 is 0 Å². The van der Waals surface area contributed by atoms with Crippen LogP contribution in [0.2, 0.25) is 0 Å². The Morgan fingerprint density at radius 3 is 2.56 bits per heavy atom. The molecule has 0 saturated carbocycles. The predicted molar refractivity (Wildman–Crippen MR) is 102 cm³/mol. The van der Waals surface area contributed by atoms with Gasteiger partial charge in [-0.1, -0.05) is 33.3 Å². The molecule has 1 heterocycles. The third kappa shape index (κ3) is 4.93. The first-order valence-corrected chi connectivity index (χ1v) is 9.10. The fourth-order valence-corrected chi connectivity index (χ4v) is 2.91. The molecule has 7 nitrogen and oxygen atoms in total. The van der Waals surface area contributed by atoms with E-state index in [4.69, 9.17) is 14.2 Å². The highest BCUT2D eigenvalue weighted by molar-refractivity contribution is 5.95. The Morgan fingerprint density at radius 1 is 1.22 bits per heavy atom. The Morgan fingerprint density at radius 2 is 1.96 bits per heavy atom. The number of hydrogen-bond donors (Lipinski definition) is 2. The minimum Gasteiger partial charge on any atom is -0.493 e. The molecule has 2 rings (SSSR count). The summed E-state index contributed by atoms with van der Waals surface area (Å²) >= 11 is 0. The molecule has 27 heavy (non-hydrogen) atoms. The van der Waals surface area contributed by atoms with Gasteiger partial charge in [-0.15, -0.1) is 0 Å². The van der Waals surface area contributed by atoms with Gasteiger partial charge in [0.15, 0.2) is 11.5 Å². The number of allylic oxidation sites excluding steroid dienone is 1. The topological polar surface area (TPSA) is 85.9 Å². The monoisotopic (exact) mass is 376 g/mol. The lowest BCUT2D eigenvalue weighted by Crippen LogP contribution is -2.45. The maximum atomic E-state index is 12.4. The fourth-order valence-electron chi connectivity index (χ4n) is 2.91. The Labute approximate surface area is 160 Å². The van der Waals surface area contributed by atoms with E-state index in [0.717, 1.165) is 6.42 Å². The SMILES string of the molecule is CCCC1=C(C(=O)OC)C(c2ccc(OCC(C)C)c(OC)c2)NC(=O)N1. The zero-order valence-electron chi connectivity index (χ0n) is 16.5. The molecule has 2 N–H and O–H groups in total. The lowest BCUT2D eigenvalue weighted by molar-refractivity contribution is -0.136. The molecule has 1 atom stereocenters. The molecule has 1 aromatic rings. The molecule has 1 aliphatic heterocycles. The van der Waals surface area contributed by atoms with Crippen molar-refractivity contribution in [3.8, 4) is 11.5 Å². The van der Waals surface area contributed by atoms with Gasteiger partial charge in [0.25, 0.3) is 0 Å². The first kappa shape index (κ1) is 20.6. The average Bonchev–Trinajstić information content (AvgIpc) is 2.65. The van der Waals surface area contributed by atoms with Gasteiger partial charge >= 0.3 is 12.0 Å². The highest BCUT2D eigenvalue weighted by Gasteiger charge is 2.33. The van der Waals surface area contributed by atoms with Gasteiger partial charge in [-0.3, -0.25) is 0 Å². The summed E-state index contributed by atoms with van der Waals surface area (Å²) < 4.78 is 16.2. The van der Waals surface area contributed by atoms with Crippen LogP contribution in [-0.2, 0) is 9.53 Å². The highest BCUT2D eigenvalue weighted by atomic mass is 16.5. The third-order valence-corrected chi connectivity index (χ3v) is 4.15. The lowest BCUT2D eigenvalue weighted by atomic mass is 9.93. The highest BCUT2D eigenvalue weighted by Crippen LogP contribution is 2.35. The van der Waals surface area contributed by atoms with Crippen molar-refractivity contribution in [3.63, 3.8) is 0 Å². The van der Waals surface area contributed by atoms with Crippen molar-refractivity contribution < 1.29 is 23.8 Å². The summed E-state index contributed by atoms with van der Waals surface area (Å²) in [7, 11) is 2.89.